The number of nitrogens with zero attached hydrogens (tertiary/aromatic N) is 1. The van der Waals surface area contributed by atoms with Gasteiger partial charge >= 0.3 is 6.03 Å². The summed E-state index contributed by atoms with van der Waals surface area (Å²) in [5, 5.41) is 15.8. The first kappa shape index (κ1) is 17.8. The molecule has 2 rings (SSSR count). The van der Waals surface area contributed by atoms with E-state index < -0.39 is 6.10 Å². The van der Waals surface area contributed by atoms with E-state index in [1.807, 2.05) is 14.1 Å². The van der Waals surface area contributed by atoms with Crippen LogP contribution in [0.15, 0.2) is 24.3 Å². The highest BCUT2D eigenvalue weighted by atomic mass is 16.3. The number of amides is 2. The Bertz CT molecular complexity index is 501. The van der Waals surface area contributed by atoms with Crippen molar-refractivity contribution in [3.8, 4) is 0 Å². The van der Waals surface area contributed by atoms with Gasteiger partial charge in [-0.05, 0) is 39.4 Å². The fourth-order valence-corrected chi connectivity index (χ4v) is 3.08. The van der Waals surface area contributed by atoms with Crippen molar-refractivity contribution in [2.24, 2.45) is 0 Å². The number of carbonyl (C=O) groups excluding carboxylic acids is 1. The number of carbonyl (C=O) groups is 1. The summed E-state index contributed by atoms with van der Waals surface area (Å²) in [5.41, 5.74) is 2.40. The molecule has 0 bridgehead atoms. The molecule has 1 fully saturated rings. The van der Waals surface area contributed by atoms with Crippen LogP contribution in [0, 0.1) is 6.92 Å². The Labute approximate surface area is 139 Å². The maximum absolute atomic E-state index is 12.1. The van der Waals surface area contributed by atoms with Gasteiger partial charge in [-0.1, -0.05) is 42.7 Å². The number of aryl methyl sites for hydroxylation is 1. The molecule has 3 unspecified atom stereocenters. The van der Waals surface area contributed by atoms with Crippen LogP contribution in [0.4, 0.5) is 4.79 Å². The number of nitrogens with one attached hydrogen (secondary N) is 2. The van der Waals surface area contributed by atoms with E-state index in [0.717, 1.165) is 25.7 Å². The zero-order valence-electron chi connectivity index (χ0n) is 14.4. The predicted molar refractivity (Wildman–Crippen MR) is 92.4 cm³/mol. The highest BCUT2D eigenvalue weighted by Crippen LogP contribution is 2.19. The summed E-state index contributed by atoms with van der Waals surface area (Å²) >= 11 is 0. The average molecular weight is 319 g/mol. The van der Waals surface area contributed by atoms with Crippen LogP contribution < -0.4 is 10.6 Å². The van der Waals surface area contributed by atoms with Crippen molar-refractivity contribution in [1.82, 2.24) is 15.5 Å². The average Bonchev–Trinajstić information content (AvgIpc) is 2.51. The second-order valence-electron chi connectivity index (χ2n) is 6.70. The summed E-state index contributed by atoms with van der Waals surface area (Å²) in [5.74, 6) is 0. The van der Waals surface area contributed by atoms with Crippen LogP contribution in [-0.4, -0.2) is 48.8 Å². The topological polar surface area (TPSA) is 64.6 Å². The van der Waals surface area contributed by atoms with Gasteiger partial charge in [0.25, 0.3) is 0 Å². The maximum Gasteiger partial charge on any atom is 0.315 e. The number of rotatable bonds is 5. The summed E-state index contributed by atoms with van der Waals surface area (Å²) in [7, 11) is 4.02. The van der Waals surface area contributed by atoms with Gasteiger partial charge in [-0.3, -0.25) is 0 Å². The zero-order valence-corrected chi connectivity index (χ0v) is 14.4. The van der Waals surface area contributed by atoms with Gasteiger partial charge in [-0.2, -0.15) is 0 Å². The molecule has 5 heteroatoms. The van der Waals surface area contributed by atoms with Gasteiger partial charge in [-0.15, -0.1) is 0 Å². The van der Waals surface area contributed by atoms with Crippen LogP contribution in [0.1, 0.15) is 42.9 Å². The summed E-state index contributed by atoms with van der Waals surface area (Å²) in [4.78, 5) is 14.2. The van der Waals surface area contributed by atoms with E-state index >= 15 is 0 Å². The second kappa shape index (κ2) is 8.31. The van der Waals surface area contributed by atoms with Crippen molar-refractivity contribution in [3.05, 3.63) is 35.4 Å². The van der Waals surface area contributed by atoms with E-state index in [0.29, 0.717) is 6.54 Å². The lowest BCUT2D eigenvalue weighted by Crippen LogP contribution is -2.50. The third-order valence-corrected chi connectivity index (χ3v) is 4.59. The fourth-order valence-electron chi connectivity index (χ4n) is 3.08. The number of hydrogen-bond donors (Lipinski definition) is 3. The summed E-state index contributed by atoms with van der Waals surface area (Å²) in [6.45, 7) is 2.60. The minimum atomic E-state index is -0.420. The number of aliphatic hydroxyl groups excluding tert-OH is 1. The number of aliphatic hydroxyl groups is 1. The van der Waals surface area contributed by atoms with Crippen molar-refractivity contribution in [2.45, 2.75) is 50.8 Å². The molecule has 0 aromatic heterocycles. The summed E-state index contributed by atoms with van der Waals surface area (Å²) in [6, 6.07) is 8.18. The lowest BCUT2D eigenvalue weighted by Gasteiger charge is -2.29. The molecule has 128 valence electrons. The number of benzene rings is 1. The molecule has 1 aliphatic rings. The second-order valence-corrected chi connectivity index (χ2v) is 6.70. The highest BCUT2D eigenvalue weighted by Gasteiger charge is 2.24. The van der Waals surface area contributed by atoms with E-state index in [4.69, 9.17) is 0 Å². The zero-order chi connectivity index (χ0) is 16.8. The predicted octanol–water partition coefficient (Wildman–Crippen LogP) is 2.20. The Hall–Kier alpha value is -1.59. The number of hydrogen-bond acceptors (Lipinski definition) is 3. The molecular formula is C18H29N3O2. The lowest BCUT2D eigenvalue weighted by atomic mass is 9.93. The molecule has 1 aromatic carbocycles. The van der Waals surface area contributed by atoms with Crippen LogP contribution in [0.2, 0.25) is 0 Å². The molecule has 23 heavy (non-hydrogen) atoms. The van der Waals surface area contributed by atoms with E-state index in [2.05, 4.69) is 46.7 Å². The lowest BCUT2D eigenvalue weighted by molar-refractivity contribution is 0.0941. The van der Waals surface area contributed by atoms with Crippen LogP contribution in [0.5, 0.6) is 0 Å². The van der Waals surface area contributed by atoms with Gasteiger partial charge in [-0.25, -0.2) is 4.79 Å². The van der Waals surface area contributed by atoms with Crippen molar-refractivity contribution in [1.29, 1.82) is 0 Å². The van der Waals surface area contributed by atoms with Crippen molar-refractivity contribution < 1.29 is 9.90 Å². The quantitative estimate of drug-likeness (QED) is 0.779. The first-order valence-corrected chi connectivity index (χ1v) is 8.43. The third kappa shape index (κ3) is 5.22. The Kier molecular flexibility index (Phi) is 6.42. The minimum absolute atomic E-state index is 0.123. The minimum Gasteiger partial charge on any atom is -0.391 e. The Morgan fingerprint density at radius 3 is 2.52 bits per heavy atom. The Morgan fingerprint density at radius 1 is 1.26 bits per heavy atom. The van der Waals surface area contributed by atoms with Crippen molar-refractivity contribution >= 4 is 6.03 Å². The van der Waals surface area contributed by atoms with E-state index in [1.54, 1.807) is 0 Å². The van der Waals surface area contributed by atoms with Gasteiger partial charge in [0.05, 0.1) is 18.2 Å². The molecule has 0 spiro atoms. The summed E-state index contributed by atoms with van der Waals surface area (Å²) in [6.07, 6.45) is 3.30. The van der Waals surface area contributed by atoms with Crippen LogP contribution in [-0.2, 0) is 0 Å². The van der Waals surface area contributed by atoms with Gasteiger partial charge < -0.3 is 20.6 Å². The van der Waals surface area contributed by atoms with Crippen LogP contribution in [0.3, 0.4) is 0 Å². The van der Waals surface area contributed by atoms with E-state index in [9.17, 15) is 9.90 Å². The van der Waals surface area contributed by atoms with Gasteiger partial charge in [0.2, 0.25) is 0 Å². The van der Waals surface area contributed by atoms with Gasteiger partial charge in [0, 0.05) is 6.54 Å². The molecule has 0 aliphatic heterocycles. The first-order valence-electron chi connectivity index (χ1n) is 8.43. The molecular weight excluding hydrogens is 290 g/mol. The molecule has 0 heterocycles. The van der Waals surface area contributed by atoms with Gasteiger partial charge in [0.15, 0.2) is 0 Å². The third-order valence-electron chi connectivity index (χ3n) is 4.59. The molecule has 0 saturated heterocycles. The van der Waals surface area contributed by atoms with E-state index in [-0.39, 0.29) is 18.1 Å². The SMILES string of the molecule is Cc1ccc(C(CNC(=O)NC2CCCCC2O)N(C)C)cc1. The van der Waals surface area contributed by atoms with E-state index in [1.165, 1.54) is 11.1 Å². The Balaban J connectivity index is 1.88. The molecule has 0 radical (unpaired) electrons. The Morgan fingerprint density at radius 2 is 1.91 bits per heavy atom. The molecule has 1 saturated carbocycles. The van der Waals surface area contributed by atoms with Crippen LogP contribution >= 0.6 is 0 Å². The molecule has 3 atom stereocenters. The number of urea groups is 1. The molecule has 1 aromatic rings. The highest BCUT2D eigenvalue weighted by molar-refractivity contribution is 5.74. The fraction of sp³-hybridized carbons (Fsp3) is 0.611. The molecule has 2 amide bonds. The van der Waals surface area contributed by atoms with Crippen molar-refractivity contribution in [3.63, 3.8) is 0 Å². The molecule has 1 aliphatic carbocycles. The van der Waals surface area contributed by atoms with Crippen molar-refractivity contribution in [2.75, 3.05) is 20.6 Å². The van der Waals surface area contributed by atoms with Gasteiger partial charge in [0.1, 0.15) is 0 Å². The molecule has 3 N–H and O–H groups in total. The first-order chi connectivity index (χ1) is 11.0. The summed E-state index contributed by atoms with van der Waals surface area (Å²) < 4.78 is 0. The normalized spacial score (nSPS) is 22.7. The standard InChI is InChI=1S/C18H29N3O2/c1-13-8-10-14(11-9-13)16(21(2)3)12-19-18(23)20-15-6-4-5-7-17(15)22/h8-11,15-17,22H,4-7,12H2,1-3H3,(H2,19,20,23). The monoisotopic (exact) mass is 319 g/mol. The number of likely N-dealkylation sites (N-methyl/N-ethyl adjacent to an activating group) is 1. The van der Waals surface area contributed by atoms with Crippen LogP contribution in [0.25, 0.3) is 0 Å². The largest absolute Gasteiger partial charge is 0.391 e. The molecule has 5 nitrogen and oxygen atoms in total. The maximum atomic E-state index is 12.1. The smallest absolute Gasteiger partial charge is 0.315 e.